The molecule has 1 aromatic heterocycles. The molecule has 2 heterocycles. The van der Waals surface area contributed by atoms with Crippen LogP contribution < -0.4 is 4.90 Å². The Bertz CT molecular complexity index is 993. The fraction of sp³-hybridized carbons (Fsp3) is 0.391. The van der Waals surface area contributed by atoms with Crippen LogP contribution in [0.4, 0.5) is 9.52 Å². The van der Waals surface area contributed by atoms with Crippen LogP contribution in [-0.4, -0.2) is 60.9 Å². The number of anilines is 1. The highest BCUT2D eigenvalue weighted by Gasteiger charge is 2.20. The van der Waals surface area contributed by atoms with E-state index in [9.17, 15) is 9.18 Å². The van der Waals surface area contributed by atoms with E-state index in [1.54, 1.807) is 22.7 Å². The van der Waals surface area contributed by atoms with Crippen molar-refractivity contribution < 1.29 is 13.9 Å². The number of hydrogen-bond acceptors (Lipinski definition) is 6. The molecule has 1 aliphatic heterocycles. The van der Waals surface area contributed by atoms with Crippen LogP contribution in [0.3, 0.4) is 0 Å². The monoisotopic (exact) mass is 459 g/mol. The Labute approximate surface area is 190 Å². The second kappa shape index (κ2) is 11.0. The van der Waals surface area contributed by atoms with Crippen LogP contribution in [0, 0.1) is 5.82 Å². The zero-order valence-electron chi connectivity index (χ0n) is 17.3. The molecule has 0 unspecified atom stereocenters. The molecule has 8 heteroatoms. The molecule has 2 aromatic carbocycles. The lowest BCUT2D eigenvalue weighted by Gasteiger charge is -2.27. The second-order valence-corrected chi connectivity index (χ2v) is 9.55. The van der Waals surface area contributed by atoms with Gasteiger partial charge in [0, 0.05) is 43.2 Å². The maximum Gasteiger partial charge on any atom is 0.229 e. The van der Waals surface area contributed by atoms with Gasteiger partial charge in [-0.25, -0.2) is 9.37 Å². The number of fused-ring (bicyclic) bond motifs is 1. The number of hydrogen-bond donors (Lipinski definition) is 0. The number of carbonyl (C=O) groups is 1. The molecule has 1 aliphatic rings. The predicted molar refractivity (Wildman–Crippen MR) is 126 cm³/mol. The highest BCUT2D eigenvalue weighted by atomic mass is 32.2. The van der Waals surface area contributed by atoms with Gasteiger partial charge in [0.25, 0.3) is 0 Å². The molecule has 4 rings (SSSR count). The summed E-state index contributed by atoms with van der Waals surface area (Å²) >= 11 is 3.06. The van der Waals surface area contributed by atoms with Crippen molar-refractivity contribution >= 4 is 44.4 Å². The number of halogens is 1. The van der Waals surface area contributed by atoms with Gasteiger partial charge in [0.1, 0.15) is 5.82 Å². The highest BCUT2D eigenvalue weighted by Crippen LogP contribution is 2.30. The molecule has 0 aliphatic carbocycles. The van der Waals surface area contributed by atoms with Gasteiger partial charge >= 0.3 is 0 Å². The Morgan fingerprint density at radius 1 is 1.19 bits per heavy atom. The molecule has 1 fully saturated rings. The molecular formula is C23H26FN3O2S2. The number of amides is 1. The van der Waals surface area contributed by atoms with Crippen molar-refractivity contribution in [2.75, 3.05) is 50.0 Å². The smallest absolute Gasteiger partial charge is 0.229 e. The summed E-state index contributed by atoms with van der Waals surface area (Å²) in [5.74, 6) is 0.486. The molecule has 0 radical (unpaired) electrons. The van der Waals surface area contributed by atoms with Crippen molar-refractivity contribution in [2.45, 2.75) is 17.7 Å². The van der Waals surface area contributed by atoms with Gasteiger partial charge < -0.3 is 4.74 Å². The normalized spacial score (nSPS) is 14.7. The average Bonchev–Trinajstić information content (AvgIpc) is 3.20. The van der Waals surface area contributed by atoms with E-state index in [-0.39, 0.29) is 11.7 Å². The Kier molecular flexibility index (Phi) is 7.91. The lowest BCUT2D eigenvalue weighted by atomic mass is 10.3. The molecule has 0 saturated carbocycles. The van der Waals surface area contributed by atoms with Crippen molar-refractivity contribution in [1.29, 1.82) is 0 Å². The van der Waals surface area contributed by atoms with E-state index in [0.29, 0.717) is 23.8 Å². The lowest BCUT2D eigenvalue weighted by Crippen LogP contribution is -2.39. The number of benzene rings is 2. The number of carbonyl (C=O) groups excluding carboxylic acids is 1. The maximum absolute atomic E-state index is 13.6. The van der Waals surface area contributed by atoms with E-state index >= 15 is 0 Å². The summed E-state index contributed by atoms with van der Waals surface area (Å²) in [6.07, 6.45) is 1.29. The zero-order chi connectivity index (χ0) is 21.5. The maximum atomic E-state index is 13.6. The van der Waals surface area contributed by atoms with Gasteiger partial charge in [0.15, 0.2) is 5.13 Å². The number of ether oxygens (including phenoxy) is 1. The SMILES string of the molecule is O=C(CCSc1ccccc1)N(CCCN1CCOCC1)c1nc2ccc(F)cc2s1. The molecule has 0 spiro atoms. The summed E-state index contributed by atoms with van der Waals surface area (Å²) in [5.41, 5.74) is 0.728. The van der Waals surface area contributed by atoms with Crippen LogP contribution in [-0.2, 0) is 9.53 Å². The van der Waals surface area contributed by atoms with Crippen LogP contribution in [0.25, 0.3) is 10.2 Å². The fourth-order valence-corrected chi connectivity index (χ4v) is 5.41. The number of aromatic nitrogens is 1. The van der Waals surface area contributed by atoms with E-state index in [4.69, 9.17) is 4.74 Å². The molecule has 5 nitrogen and oxygen atoms in total. The van der Waals surface area contributed by atoms with E-state index in [1.165, 1.54) is 23.5 Å². The van der Waals surface area contributed by atoms with Crippen LogP contribution in [0.15, 0.2) is 53.4 Å². The first-order valence-corrected chi connectivity index (χ1v) is 12.3. The van der Waals surface area contributed by atoms with Gasteiger partial charge in [-0.3, -0.25) is 14.6 Å². The van der Waals surface area contributed by atoms with Gasteiger partial charge in [-0.15, -0.1) is 11.8 Å². The third kappa shape index (κ3) is 6.26. The summed E-state index contributed by atoms with van der Waals surface area (Å²) in [6, 6.07) is 14.7. The molecule has 3 aromatic rings. The first-order chi connectivity index (χ1) is 15.2. The summed E-state index contributed by atoms with van der Waals surface area (Å²) < 4.78 is 19.8. The minimum Gasteiger partial charge on any atom is -0.379 e. The Morgan fingerprint density at radius 3 is 2.81 bits per heavy atom. The van der Waals surface area contributed by atoms with Gasteiger partial charge in [0.2, 0.25) is 5.91 Å². The number of rotatable bonds is 9. The Hall–Kier alpha value is -2.00. The van der Waals surface area contributed by atoms with Crippen LogP contribution in [0.5, 0.6) is 0 Å². The van der Waals surface area contributed by atoms with Crippen LogP contribution in [0.2, 0.25) is 0 Å². The topological polar surface area (TPSA) is 45.7 Å². The van der Waals surface area contributed by atoms with Gasteiger partial charge in [-0.05, 0) is 36.8 Å². The van der Waals surface area contributed by atoms with Crippen LogP contribution in [0.1, 0.15) is 12.8 Å². The fourth-order valence-electron chi connectivity index (χ4n) is 3.51. The number of thioether (sulfide) groups is 1. The summed E-state index contributed by atoms with van der Waals surface area (Å²) in [5, 5.41) is 0.650. The van der Waals surface area contributed by atoms with Crippen molar-refractivity contribution in [3.05, 3.63) is 54.3 Å². The van der Waals surface area contributed by atoms with E-state index in [0.717, 1.165) is 54.4 Å². The molecule has 0 atom stereocenters. The zero-order valence-corrected chi connectivity index (χ0v) is 19.0. The largest absolute Gasteiger partial charge is 0.379 e. The first-order valence-electron chi connectivity index (χ1n) is 10.5. The van der Waals surface area contributed by atoms with E-state index in [1.807, 2.05) is 18.2 Å². The number of thiazole rings is 1. The van der Waals surface area contributed by atoms with Crippen molar-refractivity contribution in [1.82, 2.24) is 9.88 Å². The van der Waals surface area contributed by atoms with Crippen LogP contribution >= 0.6 is 23.1 Å². The number of morpholine rings is 1. The number of nitrogens with zero attached hydrogens (tertiary/aromatic N) is 3. The Morgan fingerprint density at radius 2 is 2.00 bits per heavy atom. The molecule has 164 valence electrons. The lowest BCUT2D eigenvalue weighted by molar-refractivity contribution is -0.118. The average molecular weight is 460 g/mol. The predicted octanol–water partition coefficient (Wildman–Crippen LogP) is 4.67. The van der Waals surface area contributed by atoms with Gasteiger partial charge in [0.05, 0.1) is 23.4 Å². The standard InChI is InChI=1S/C23H26FN3O2S2/c24-18-7-8-20-21(17-18)31-23(25-20)27(11-4-10-26-12-14-29-15-13-26)22(28)9-16-30-19-5-2-1-3-6-19/h1-3,5-8,17H,4,9-16H2. The van der Waals surface area contributed by atoms with Crippen molar-refractivity contribution in [3.63, 3.8) is 0 Å². The second-order valence-electron chi connectivity index (χ2n) is 7.37. The summed E-state index contributed by atoms with van der Waals surface area (Å²) in [6.45, 7) is 4.93. The molecule has 1 amide bonds. The summed E-state index contributed by atoms with van der Waals surface area (Å²) in [4.78, 5) is 23.1. The third-order valence-electron chi connectivity index (χ3n) is 5.16. The molecule has 0 bridgehead atoms. The van der Waals surface area contributed by atoms with Gasteiger partial charge in [-0.2, -0.15) is 0 Å². The van der Waals surface area contributed by atoms with Crippen molar-refractivity contribution in [2.24, 2.45) is 0 Å². The van der Waals surface area contributed by atoms with E-state index < -0.39 is 0 Å². The highest BCUT2D eigenvalue weighted by molar-refractivity contribution is 7.99. The first kappa shape index (κ1) is 22.2. The minimum atomic E-state index is -0.285. The molecular weight excluding hydrogens is 433 g/mol. The third-order valence-corrected chi connectivity index (χ3v) is 7.21. The summed E-state index contributed by atoms with van der Waals surface area (Å²) in [7, 11) is 0. The molecule has 31 heavy (non-hydrogen) atoms. The van der Waals surface area contributed by atoms with Gasteiger partial charge in [-0.1, -0.05) is 29.5 Å². The minimum absolute atomic E-state index is 0.0601. The molecule has 0 N–H and O–H groups in total. The van der Waals surface area contributed by atoms with Crippen molar-refractivity contribution in [3.8, 4) is 0 Å². The van der Waals surface area contributed by atoms with E-state index in [2.05, 4.69) is 22.0 Å². The Balaban J connectivity index is 1.42. The molecule has 1 saturated heterocycles. The quantitative estimate of drug-likeness (QED) is 0.435.